The van der Waals surface area contributed by atoms with Crippen LogP contribution in [0.25, 0.3) is 0 Å². The number of hydrogen-bond acceptors (Lipinski definition) is 8. The number of ketones is 1. The third kappa shape index (κ3) is 5.47. The maximum Gasteiger partial charge on any atom is 0.331 e. The Morgan fingerprint density at radius 1 is 0.907 bits per heavy atom. The molecule has 2 fully saturated rings. The molecule has 2 saturated carbocycles. The van der Waals surface area contributed by atoms with Gasteiger partial charge in [0.05, 0.1) is 5.41 Å². The van der Waals surface area contributed by atoms with E-state index in [4.69, 9.17) is 14.2 Å². The maximum atomic E-state index is 14.9. The summed E-state index contributed by atoms with van der Waals surface area (Å²) in [4.78, 5) is 53.9. The summed E-state index contributed by atoms with van der Waals surface area (Å²) >= 11 is 0. The second-order valence-electron chi connectivity index (χ2n) is 14.2. The molecule has 0 aliphatic heterocycles. The molecule has 0 amide bonds. The van der Waals surface area contributed by atoms with Gasteiger partial charge >= 0.3 is 17.9 Å². The molecule has 4 aliphatic carbocycles. The van der Waals surface area contributed by atoms with Crippen molar-refractivity contribution in [3.8, 4) is 0 Å². The van der Waals surface area contributed by atoms with Crippen LogP contribution in [0.5, 0.6) is 0 Å². The first kappa shape index (κ1) is 32.6. The molecule has 0 heterocycles. The van der Waals surface area contributed by atoms with Crippen molar-refractivity contribution < 1.29 is 38.5 Å². The van der Waals surface area contributed by atoms with Gasteiger partial charge in [-0.1, -0.05) is 49.6 Å². The lowest BCUT2D eigenvalue weighted by molar-refractivity contribution is -0.209. The molecular formula is C35H46O8. The summed E-state index contributed by atoms with van der Waals surface area (Å²) in [5.41, 5.74) is -0.950. The van der Waals surface area contributed by atoms with E-state index >= 15 is 0 Å². The Morgan fingerprint density at radius 3 is 1.95 bits per heavy atom. The number of carbonyl (C=O) groups excluding carboxylic acids is 4. The maximum absolute atomic E-state index is 14.9. The minimum atomic E-state index is -2.20. The predicted octanol–water partition coefficient (Wildman–Crippen LogP) is 5.37. The molecule has 0 saturated heterocycles. The van der Waals surface area contributed by atoms with Crippen LogP contribution in [0.2, 0.25) is 0 Å². The van der Waals surface area contributed by atoms with E-state index in [1.807, 2.05) is 6.92 Å². The third-order valence-corrected chi connectivity index (χ3v) is 9.75. The highest BCUT2D eigenvalue weighted by molar-refractivity contribution is 5.96. The van der Waals surface area contributed by atoms with Gasteiger partial charge in [0, 0.05) is 29.7 Å². The van der Waals surface area contributed by atoms with E-state index in [9.17, 15) is 24.3 Å². The molecule has 1 spiro atoms. The summed E-state index contributed by atoms with van der Waals surface area (Å²) < 4.78 is 17.6. The van der Waals surface area contributed by atoms with Crippen molar-refractivity contribution in [2.75, 3.05) is 6.61 Å². The molecule has 0 aromatic heterocycles. The molecule has 0 unspecified atom stereocenters. The monoisotopic (exact) mass is 594 g/mol. The Kier molecular flexibility index (Phi) is 8.61. The molecule has 0 aromatic carbocycles. The first-order valence-corrected chi connectivity index (χ1v) is 15.1. The minimum absolute atomic E-state index is 0.0113. The predicted molar refractivity (Wildman–Crippen MR) is 161 cm³/mol. The van der Waals surface area contributed by atoms with Crippen LogP contribution in [-0.4, -0.2) is 53.2 Å². The van der Waals surface area contributed by atoms with E-state index in [0.29, 0.717) is 23.1 Å². The third-order valence-electron chi connectivity index (χ3n) is 9.75. The first-order valence-electron chi connectivity index (χ1n) is 15.1. The van der Waals surface area contributed by atoms with Crippen LogP contribution in [0.1, 0.15) is 75.7 Å². The number of aliphatic hydroxyl groups is 1. The second-order valence-corrected chi connectivity index (χ2v) is 14.2. The molecule has 0 radical (unpaired) electrons. The molecule has 4 aliphatic rings. The van der Waals surface area contributed by atoms with Gasteiger partial charge in [-0.25, -0.2) is 14.4 Å². The van der Waals surface area contributed by atoms with Crippen LogP contribution in [0.3, 0.4) is 0 Å². The van der Waals surface area contributed by atoms with Crippen molar-refractivity contribution in [1.82, 2.24) is 0 Å². The van der Waals surface area contributed by atoms with E-state index in [0.717, 1.165) is 5.57 Å². The van der Waals surface area contributed by atoms with Crippen LogP contribution in [0, 0.1) is 34.5 Å². The molecule has 234 valence electrons. The molecule has 4 rings (SSSR count). The van der Waals surface area contributed by atoms with Gasteiger partial charge in [0.1, 0.15) is 6.61 Å². The van der Waals surface area contributed by atoms with Crippen molar-refractivity contribution in [2.45, 2.75) is 93.5 Å². The minimum Gasteiger partial charge on any atom is -0.458 e. The molecule has 8 heteroatoms. The number of allylic oxidation sites excluding steroid dienone is 4. The molecular weight excluding hydrogens is 548 g/mol. The number of esters is 3. The standard InChI is InChI=1S/C35H46O8/c1-18(2)11-26(36)41-17-23-15-24-29-25(33(29,9)10)14-22(8)34(30(24)39)16-21(7)31(42-27(37)12-19(3)4)35(34,40)32(23)43-28(38)13-20(5)6/h11-13,15-16,22,24-25,29,31-32,40H,14,17H2,1-10H3/t22-,24+,25-,29+,31+,32-,34+,35-/m1/s1. The molecule has 1 N–H and O–H groups in total. The Hall–Kier alpha value is -3.26. The SMILES string of the molecule is CC(C)=CC(=O)OCC1=C[C@@H]2C(=O)[C@]3(C=C(C)[C@H](OC(=O)C=C(C)C)[C@@]3(O)[C@@H]1OC(=O)C=C(C)C)[C@H](C)C[C@@H]1[C@H]2C1(C)C. The van der Waals surface area contributed by atoms with E-state index in [1.165, 1.54) is 18.2 Å². The van der Waals surface area contributed by atoms with Crippen LogP contribution < -0.4 is 0 Å². The number of fused-ring (bicyclic) bond motifs is 3. The van der Waals surface area contributed by atoms with Gasteiger partial charge in [-0.15, -0.1) is 0 Å². The van der Waals surface area contributed by atoms with Gasteiger partial charge in [-0.3, -0.25) is 4.79 Å². The number of rotatable bonds is 7. The van der Waals surface area contributed by atoms with Crippen LogP contribution in [0.15, 0.2) is 58.2 Å². The van der Waals surface area contributed by atoms with Crippen molar-refractivity contribution in [3.05, 3.63) is 58.2 Å². The molecule has 43 heavy (non-hydrogen) atoms. The van der Waals surface area contributed by atoms with Gasteiger partial charge in [0.25, 0.3) is 0 Å². The smallest absolute Gasteiger partial charge is 0.331 e. The van der Waals surface area contributed by atoms with Crippen LogP contribution >= 0.6 is 0 Å². The summed E-state index contributed by atoms with van der Waals surface area (Å²) in [6.45, 7) is 18.2. The fraction of sp³-hybridized carbons (Fsp3) is 0.600. The highest BCUT2D eigenvalue weighted by Crippen LogP contribution is 2.72. The van der Waals surface area contributed by atoms with E-state index < -0.39 is 47.0 Å². The van der Waals surface area contributed by atoms with Crippen molar-refractivity contribution >= 4 is 23.7 Å². The number of carbonyl (C=O) groups is 4. The highest BCUT2D eigenvalue weighted by Gasteiger charge is 2.77. The summed E-state index contributed by atoms with van der Waals surface area (Å²) in [7, 11) is 0. The zero-order chi connectivity index (χ0) is 32.2. The number of hydrogen-bond donors (Lipinski definition) is 1. The molecule has 2 bridgehead atoms. The molecule has 8 atom stereocenters. The Balaban J connectivity index is 1.97. The van der Waals surface area contributed by atoms with E-state index in [-0.39, 0.29) is 41.1 Å². The quantitative estimate of drug-likeness (QED) is 0.181. The average molecular weight is 595 g/mol. The number of ether oxygens (including phenoxy) is 3. The van der Waals surface area contributed by atoms with Crippen LogP contribution in [-0.2, 0) is 33.4 Å². The zero-order valence-electron chi connectivity index (χ0n) is 27.1. The molecule has 0 aromatic rings. The fourth-order valence-electron chi connectivity index (χ4n) is 7.93. The van der Waals surface area contributed by atoms with Crippen LogP contribution in [0.4, 0.5) is 0 Å². The average Bonchev–Trinajstić information content (AvgIpc) is 3.35. The van der Waals surface area contributed by atoms with Crippen molar-refractivity contribution in [3.63, 3.8) is 0 Å². The summed E-state index contributed by atoms with van der Waals surface area (Å²) in [5.74, 6) is -3.01. The summed E-state index contributed by atoms with van der Waals surface area (Å²) in [6.07, 6.45) is 5.37. The lowest BCUT2D eigenvalue weighted by Crippen LogP contribution is -2.66. The van der Waals surface area contributed by atoms with Crippen molar-refractivity contribution in [2.24, 2.45) is 34.5 Å². The largest absolute Gasteiger partial charge is 0.458 e. The van der Waals surface area contributed by atoms with Gasteiger partial charge in [0.15, 0.2) is 23.6 Å². The highest BCUT2D eigenvalue weighted by atomic mass is 16.6. The number of Topliss-reactive ketones (excluding diaryl/α,β-unsaturated/α-hetero) is 1. The normalized spacial score (nSPS) is 34.9. The zero-order valence-corrected chi connectivity index (χ0v) is 27.1. The Labute approximate surface area is 254 Å². The van der Waals surface area contributed by atoms with Gasteiger partial charge in [-0.05, 0) is 83.6 Å². The lowest BCUT2D eigenvalue weighted by atomic mass is 9.59. The summed E-state index contributed by atoms with van der Waals surface area (Å²) in [6, 6.07) is 0. The van der Waals surface area contributed by atoms with E-state index in [1.54, 1.807) is 60.6 Å². The topological polar surface area (TPSA) is 116 Å². The fourth-order valence-corrected chi connectivity index (χ4v) is 7.93. The second kappa shape index (κ2) is 11.3. The van der Waals surface area contributed by atoms with Crippen molar-refractivity contribution in [1.29, 1.82) is 0 Å². The molecule has 8 nitrogen and oxygen atoms in total. The van der Waals surface area contributed by atoms with Gasteiger partial charge < -0.3 is 19.3 Å². The Bertz CT molecular complexity index is 1380. The van der Waals surface area contributed by atoms with E-state index in [2.05, 4.69) is 13.8 Å². The first-order chi connectivity index (χ1) is 19.9. The lowest BCUT2D eigenvalue weighted by Gasteiger charge is -2.49. The Morgan fingerprint density at radius 2 is 1.42 bits per heavy atom. The van der Waals surface area contributed by atoms with Gasteiger partial charge in [0.2, 0.25) is 0 Å². The summed E-state index contributed by atoms with van der Waals surface area (Å²) in [5, 5.41) is 13.2. The van der Waals surface area contributed by atoms with Gasteiger partial charge in [-0.2, -0.15) is 0 Å².